The number of ketones is 2. The maximum Gasteiger partial charge on any atom is 0.231 e. The van der Waals surface area contributed by atoms with Crippen LogP contribution in [0.1, 0.15) is 48.0 Å². The lowest BCUT2D eigenvalue weighted by Gasteiger charge is -2.38. The van der Waals surface area contributed by atoms with Gasteiger partial charge in [0.15, 0.2) is 28.8 Å². The van der Waals surface area contributed by atoms with Gasteiger partial charge in [0.25, 0.3) is 0 Å². The zero-order valence-corrected chi connectivity index (χ0v) is 29.6. The van der Waals surface area contributed by atoms with Crippen LogP contribution in [0.4, 0.5) is 5.82 Å². The van der Waals surface area contributed by atoms with Crippen LogP contribution in [0.5, 0.6) is 34.5 Å². The first-order chi connectivity index (χ1) is 24.4. The van der Waals surface area contributed by atoms with Gasteiger partial charge in [-0.25, -0.2) is 4.98 Å². The molecule has 2 aromatic carbocycles. The Labute approximate surface area is 299 Å². The van der Waals surface area contributed by atoms with Crippen molar-refractivity contribution in [1.29, 1.82) is 0 Å². The number of hydrogen-bond donors (Lipinski definition) is 3. The molecule has 0 saturated carbocycles. The third-order valence-electron chi connectivity index (χ3n) is 8.95. The number of methoxy groups -OCH3 is 5. The van der Waals surface area contributed by atoms with Crippen LogP contribution in [0.2, 0.25) is 5.02 Å². The summed E-state index contributed by atoms with van der Waals surface area (Å²) in [7, 11) is 6.99. The lowest BCUT2D eigenvalue weighted by atomic mass is 9.69. The summed E-state index contributed by atoms with van der Waals surface area (Å²) in [6.07, 6.45) is 0.839. The predicted octanol–water partition coefficient (Wildman–Crippen LogP) is 4.83. The summed E-state index contributed by atoms with van der Waals surface area (Å²) in [6, 6.07) is 9.60. The zero-order chi connectivity index (χ0) is 37.0. The van der Waals surface area contributed by atoms with E-state index in [0.717, 1.165) is 0 Å². The molecule has 51 heavy (non-hydrogen) atoms. The van der Waals surface area contributed by atoms with Crippen LogP contribution >= 0.6 is 11.6 Å². The van der Waals surface area contributed by atoms with Crippen LogP contribution in [-0.2, 0) is 14.4 Å². The molecule has 1 spiro atoms. The summed E-state index contributed by atoms with van der Waals surface area (Å²) in [5.74, 6) is -3.59. The van der Waals surface area contributed by atoms with E-state index in [-0.39, 0.29) is 75.9 Å². The quantitative estimate of drug-likeness (QED) is 0.219. The van der Waals surface area contributed by atoms with Crippen molar-refractivity contribution >= 4 is 40.8 Å². The minimum atomic E-state index is -2.09. The van der Waals surface area contributed by atoms with E-state index in [0.29, 0.717) is 11.4 Å². The number of carbonyl (C=O) groups excluding carboxylic acids is 4. The third-order valence-corrected chi connectivity index (χ3v) is 9.30. The number of halogens is 1. The van der Waals surface area contributed by atoms with Crippen LogP contribution in [0.15, 0.2) is 53.9 Å². The summed E-state index contributed by atoms with van der Waals surface area (Å²) in [6.45, 7) is 1.56. The molecule has 15 heteroatoms. The van der Waals surface area contributed by atoms with E-state index in [1.54, 1.807) is 37.3 Å². The molecule has 3 atom stereocenters. The minimum absolute atomic E-state index is 0.0235. The Morgan fingerprint density at radius 3 is 2.24 bits per heavy atom. The molecule has 1 aliphatic carbocycles. The highest BCUT2D eigenvalue weighted by atomic mass is 35.5. The van der Waals surface area contributed by atoms with E-state index in [1.807, 2.05) is 0 Å². The number of nitrogens with one attached hydrogen (secondary N) is 2. The number of amides is 2. The molecule has 2 aliphatic rings. The molecule has 0 radical (unpaired) electrons. The van der Waals surface area contributed by atoms with Crippen molar-refractivity contribution in [3.63, 3.8) is 0 Å². The summed E-state index contributed by atoms with van der Waals surface area (Å²) >= 11 is 6.60. The topological polar surface area (TPSA) is 181 Å². The monoisotopic (exact) mass is 723 g/mol. The number of allylic oxidation sites excluding steroid dienone is 1. The van der Waals surface area contributed by atoms with Gasteiger partial charge in [0.1, 0.15) is 27.9 Å². The summed E-state index contributed by atoms with van der Waals surface area (Å²) in [5.41, 5.74) is -2.02. The number of pyridine rings is 1. The second kappa shape index (κ2) is 15.2. The number of carbonyl (C=O) groups is 4. The summed E-state index contributed by atoms with van der Waals surface area (Å²) < 4.78 is 33.7. The number of aliphatic hydroxyl groups excluding tert-OH is 1. The number of ether oxygens (including phenoxy) is 6. The van der Waals surface area contributed by atoms with Gasteiger partial charge in [0, 0.05) is 55.5 Å². The first-order valence-electron chi connectivity index (χ1n) is 15.9. The number of fused-ring (bicyclic) bond motifs is 1. The van der Waals surface area contributed by atoms with Crippen molar-refractivity contribution in [3.8, 4) is 34.5 Å². The summed E-state index contributed by atoms with van der Waals surface area (Å²) in [5, 5.41) is 17.5. The van der Waals surface area contributed by atoms with Crippen molar-refractivity contribution in [2.45, 2.75) is 37.7 Å². The second-order valence-corrected chi connectivity index (χ2v) is 12.2. The Kier molecular flexibility index (Phi) is 10.9. The van der Waals surface area contributed by atoms with Gasteiger partial charge in [-0.05, 0) is 29.8 Å². The Bertz CT molecular complexity index is 1870. The maximum absolute atomic E-state index is 14.4. The van der Waals surface area contributed by atoms with Crippen LogP contribution in [0.25, 0.3) is 0 Å². The molecular weight excluding hydrogens is 686 g/mol. The van der Waals surface area contributed by atoms with Crippen molar-refractivity contribution < 1.29 is 52.7 Å². The van der Waals surface area contributed by atoms with Crippen molar-refractivity contribution in [1.82, 2.24) is 10.3 Å². The highest BCUT2D eigenvalue weighted by Crippen LogP contribution is 2.56. The number of aliphatic hydroxyl groups is 1. The van der Waals surface area contributed by atoms with Gasteiger partial charge in [0.05, 0.1) is 35.5 Å². The van der Waals surface area contributed by atoms with Gasteiger partial charge < -0.3 is 44.2 Å². The van der Waals surface area contributed by atoms with Crippen LogP contribution in [0.3, 0.4) is 0 Å². The van der Waals surface area contributed by atoms with Gasteiger partial charge in [-0.3, -0.25) is 19.2 Å². The Morgan fingerprint density at radius 2 is 1.65 bits per heavy atom. The van der Waals surface area contributed by atoms with Gasteiger partial charge in [0.2, 0.25) is 28.9 Å². The highest BCUT2D eigenvalue weighted by molar-refractivity contribution is 6.35. The average Bonchev–Trinajstić information content (AvgIpc) is 3.44. The predicted molar refractivity (Wildman–Crippen MR) is 185 cm³/mol. The summed E-state index contributed by atoms with van der Waals surface area (Å²) in [4.78, 5) is 58.5. The van der Waals surface area contributed by atoms with E-state index < -0.39 is 47.1 Å². The van der Waals surface area contributed by atoms with E-state index in [1.165, 1.54) is 47.8 Å². The minimum Gasteiger partial charge on any atom is -0.507 e. The molecule has 0 fully saturated rings. The molecule has 1 aromatic heterocycles. The van der Waals surface area contributed by atoms with Gasteiger partial charge >= 0.3 is 0 Å². The molecular formula is C36H38ClN3O11. The highest BCUT2D eigenvalue weighted by Gasteiger charge is 2.61. The maximum atomic E-state index is 14.4. The number of rotatable bonds is 13. The molecule has 5 rings (SSSR count). The first kappa shape index (κ1) is 36.8. The lowest BCUT2D eigenvalue weighted by molar-refractivity contribution is -0.122. The largest absolute Gasteiger partial charge is 0.507 e. The fourth-order valence-corrected chi connectivity index (χ4v) is 6.71. The molecule has 3 aromatic rings. The zero-order valence-electron chi connectivity index (χ0n) is 28.9. The Morgan fingerprint density at radius 1 is 0.980 bits per heavy atom. The smallest absolute Gasteiger partial charge is 0.231 e. The number of nitrogens with zero attached hydrogens (tertiary/aromatic N) is 1. The van der Waals surface area contributed by atoms with E-state index >= 15 is 0 Å². The molecule has 0 bridgehead atoms. The first-order valence-corrected chi connectivity index (χ1v) is 16.3. The van der Waals surface area contributed by atoms with E-state index in [4.69, 9.17) is 40.0 Å². The molecule has 0 saturated heterocycles. The van der Waals surface area contributed by atoms with E-state index in [2.05, 4.69) is 15.6 Å². The molecule has 1 aliphatic heterocycles. The Hall–Kier alpha value is -5.50. The number of Topliss-reactive ketones (excluding diaryl/α,β-unsaturated/α-hetero) is 2. The van der Waals surface area contributed by atoms with Gasteiger partial charge in [-0.1, -0.05) is 24.6 Å². The number of benzene rings is 2. The Balaban J connectivity index is 1.57. The van der Waals surface area contributed by atoms with Gasteiger partial charge in [-0.15, -0.1) is 0 Å². The fraction of sp³-hybridized carbons (Fsp3) is 0.361. The van der Waals surface area contributed by atoms with Crippen LogP contribution in [-0.4, -0.2) is 81.2 Å². The fourth-order valence-electron chi connectivity index (χ4n) is 6.44. The average molecular weight is 724 g/mol. The number of anilines is 1. The van der Waals surface area contributed by atoms with Crippen molar-refractivity contribution in [2.75, 3.05) is 47.4 Å². The normalized spacial score (nSPS) is 18.5. The molecule has 14 nitrogen and oxygen atoms in total. The molecule has 1 unspecified atom stereocenters. The van der Waals surface area contributed by atoms with Crippen LogP contribution in [0, 0.1) is 5.92 Å². The lowest BCUT2D eigenvalue weighted by Crippen LogP contribution is -2.53. The van der Waals surface area contributed by atoms with Crippen LogP contribution < -0.4 is 39.1 Å². The molecule has 270 valence electrons. The van der Waals surface area contributed by atoms with Crippen molar-refractivity contribution in [2.24, 2.45) is 5.92 Å². The SMILES string of the molecule is COc1cc(OC)c2c(c1Cl)O[C@]1(C2=O)C(O)=C(C(CC(=O)NCCC(=O)Nc2ccccn2)c2cc(OC)c(OC)c(OC)c2)C(=O)C[C@H]1C. The third kappa shape index (κ3) is 6.70. The molecule has 2 amide bonds. The molecule has 3 N–H and O–H groups in total. The van der Waals surface area contributed by atoms with E-state index in [9.17, 15) is 24.3 Å². The standard InChI is InChI=1S/C36H38ClN3O11/c1-18-13-21(41)29(34(44)36(18)35(45)30-22(46-2)17-23(47-3)31(37)33(30)51-36)20(19-14-24(48-4)32(50-6)25(15-19)49-5)16-28(43)39-12-10-27(42)40-26-9-7-8-11-38-26/h7-9,11,14-15,17-18,20,44H,10,12-13,16H2,1-6H3,(H,39,43)(H,38,40,42)/t18-,20?,36+/m1/s1. The molecule has 2 heterocycles. The van der Waals surface area contributed by atoms with Crippen molar-refractivity contribution in [3.05, 3.63) is 70.1 Å². The number of hydrogen-bond acceptors (Lipinski definition) is 12. The second-order valence-electron chi connectivity index (χ2n) is 11.8. The van der Waals surface area contributed by atoms with Gasteiger partial charge in [-0.2, -0.15) is 0 Å². The number of aromatic nitrogens is 1.